The Balaban J connectivity index is -0.0000000929. The number of carboxylic acids is 2. The summed E-state index contributed by atoms with van der Waals surface area (Å²) in [7, 11) is 0. The van der Waals surface area contributed by atoms with Crippen molar-refractivity contribution in [2.75, 3.05) is 19.8 Å². The molecule has 0 aliphatic rings. The summed E-state index contributed by atoms with van der Waals surface area (Å²) in [4.78, 5) is 19.2. The first-order valence-electron chi connectivity index (χ1n) is 5.76. The lowest BCUT2D eigenvalue weighted by Crippen LogP contribution is -2.03. The number of aliphatic hydroxyl groups is 4. The molecule has 0 rings (SSSR count). The van der Waals surface area contributed by atoms with Crippen LogP contribution in [0.1, 0.15) is 20.8 Å². The van der Waals surface area contributed by atoms with Crippen molar-refractivity contribution in [3.05, 3.63) is 24.3 Å². The Morgan fingerprint density at radius 3 is 1.05 bits per heavy atom. The standard InChI is InChI=1S/2C4H6O2.C3H8O2.C2H6O2/c2*1-3(2)4(5)6;1-3(5)2-4;3-1-2-4/h2*1H2,2H3,(H,5,6);3-5H,2H2,1H3;3-4H,1-2H2. The third-order valence-electron chi connectivity index (χ3n) is 1.09. The molecule has 0 heterocycles. The minimum Gasteiger partial charge on any atom is -0.478 e. The summed E-state index contributed by atoms with van der Waals surface area (Å²) in [6.45, 7) is 10.3. The van der Waals surface area contributed by atoms with E-state index in [0.29, 0.717) is 0 Å². The Labute approximate surface area is 124 Å². The van der Waals surface area contributed by atoms with Crippen LogP contribution in [0.15, 0.2) is 24.3 Å². The molecule has 0 aromatic carbocycles. The molecule has 0 aliphatic carbocycles. The SMILES string of the molecule is C=C(C)C(=O)O.C=C(C)C(=O)O.CC(O)CO.OCCO. The van der Waals surface area contributed by atoms with Crippen LogP contribution in [-0.2, 0) is 9.59 Å². The molecule has 0 aromatic rings. The molecule has 6 N–H and O–H groups in total. The first-order chi connectivity index (χ1) is 9.47. The maximum absolute atomic E-state index is 9.60. The van der Waals surface area contributed by atoms with Gasteiger partial charge in [0.15, 0.2) is 0 Å². The highest BCUT2D eigenvalue weighted by Gasteiger charge is 1.90. The van der Waals surface area contributed by atoms with Gasteiger partial charge in [-0.1, -0.05) is 13.2 Å². The van der Waals surface area contributed by atoms with Gasteiger partial charge in [-0.25, -0.2) is 9.59 Å². The number of carboxylic acid groups (broad SMARTS) is 2. The van der Waals surface area contributed by atoms with Crippen molar-refractivity contribution in [3.63, 3.8) is 0 Å². The lowest BCUT2D eigenvalue weighted by Gasteiger charge is -1.90. The van der Waals surface area contributed by atoms with Crippen LogP contribution in [0.5, 0.6) is 0 Å². The molecule has 0 amide bonds. The smallest absolute Gasteiger partial charge is 0.330 e. The van der Waals surface area contributed by atoms with Crippen molar-refractivity contribution in [2.45, 2.75) is 26.9 Å². The van der Waals surface area contributed by atoms with Crippen LogP contribution in [0.3, 0.4) is 0 Å². The van der Waals surface area contributed by atoms with E-state index in [-0.39, 0.29) is 31.0 Å². The highest BCUT2D eigenvalue weighted by molar-refractivity contribution is 5.85. The molecule has 8 heteroatoms. The van der Waals surface area contributed by atoms with Gasteiger partial charge in [-0.2, -0.15) is 0 Å². The summed E-state index contributed by atoms with van der Waals surface area (Å²) >= 11 is 0. The molecule has 0 spiro atoms. The Morgan fingerprint density at radius 1 is 0.905 bits per heavy atom. The zero-order chi connectivity index (χ0) is 18.0. The van der Waals surface area contributed by atoms with Crippen LogP contribution >= 0.6 is 0 Å². The van der Waals surface area contributed by atoms with Crippen molar-refractivity contribution >= 4 is 11.9 Å². The number of carbonyl (C=O) groups is 2. The lowest BCUT2D eigenvalue weighted by atomic mass is 10.4. The molecule has 0 saturated carbocycles. The first-order valence-corrected chi connectivity index (χ1v) is 5.76. The van der Waals surface area contributed by atoms with E-state index in [1.165, 1.54) is 20.8 Å². The predicted octanol–water partition coefficient (Wildman–Crippen LogP) is -0.375. The third kappa shape index (κ3) is 56.3. The summed E-state index contributed by atoms with van der Waals surface area (Å²) in [6.07, 6.45) is -0.560. The van der Waals surface area contributed by atoms with Crippen LogP contribution in [0.2, 0.25) is 0 Å². The second kappa shape index (κ2) is 20.6. The van der Waals surface area contributed by atoms with E-state index in [0.717, 1.165) is 0 Å². The van der Waals surface area contributed by atoms with E-state index < -0.39 is 18.0 Å². The fraction of sp³-hybridized carbons (Fsp3) is 0.538. The number of rotatable bonds is 4. The average Bonchev–Trinajstić information content (AvgIpc) is 2.40. The van der Waals surface area contributed by atoms with E-state index in [1.54, 1.807) is 0 Å². The molecule has 8 nitrogen and oxygen atoms in total. The minimum absolute atomic E-state index is 0.125. The van der Waals surface area contributed by atoms with Crippen LogP contribution in [-0.4, -0.2) is 68.5 Å². The lowest BCUT2D eigenvalue weighted by molar-refractivity contribution is -0.133. The second-order valence-electron chi connectivity index (χ2n) is 3.65. The molecule has 1 unspecified atom stereocenters. The molecular weight excluding hydrogens is 284 g/mol. The van der Waals surface area contributed by atoms with Crippen LogP contribution in [0, 0.1) is 0 Å². The van der Waals surface area contributed by atoms with Crippen molar-refractivity contribution in [1.29, 1.82) is 0 Å². The number of hydrogen-bond acceptors (Lipinski definition) is 6. The molecule has 0 bridgehead atoms. The van der Waals surface area contributed by atoms with Crippen molar-refractivity contribution in [1.82, 2.24) is 0 Å². The molecule has 0 radical (unpaired) electrons. The second-order valence-corrected chi connectivity index (χ2v) is 3.65. The van der Waals surface area contributed by atoms with Gasteiger partial charge in [-0.15, -0.1) is 0 Å². The maximum atomic E-state index is 9.60. The van der Waals surface area contributed by atoms with Gasteiger partial charge >= 0.3 is 11.9 Å². The quantitative estimate of drug-likeness (QED) is 0.384. The van der Waals surface area contributed by atoms with E-state index in [9.17, 15) is 9.59 Å². The van der Waals surface area contributed by atoms with E-state index in [1.807, 2.05) is 0 Å². The summed E-state index contributed by atoms with van der Waals surface area (Å²) in [5, 5.41) is 47.0. The van der Waals surface area contributed by atoms with Crippen molar-refractivity contribution in [2.24, 2.45) is 0 Å². The van der Waals surface area contributed by atoms with Crippen LogP contribution < -0.4 is 0 Å². The largest absolute Gasteiger partial charge is 0.478 e. The number of hydrogen-bond donors (Lipinski definition) is 6. The Bertz CT molecular complexity index is 247. The van der Waals surface area contributed by atoms with Crippen molar-refractivity contribution < 1.29 is 40.2 Å². The number of aliphatic carboxylic acids is 2. The van der Waals surface area contributed by atoms with Crippen LogP contribution in [0.4, 0.5) is 0 Å². The molecule has 0 saturated heterocycles. The topological polar surface area (TPSA) is 156 Å². The molecule has 21 heavy (non-hydrogen) atoms. The monoisotopic (exact) mass is 310 g/mol. The van der Waals surface area contributed by atoms with E-state index in [2.05, 4.69) is 13.2 Å². The van der Waals surface area contributed by atoms with E-state index >= 15 is 0 Å². The van der Waals surface area contributed by atoms with Gasteiger partial charge in [0.1, 0.15) is 0 Å². The zero-order valence-corrected chi connectivity index (χ0v) is 12.6. The average molecular weight is 310 g/mol. The fourth-order valence-corrected chi connectivity index (χ4v) is 0. The fourth-order valence-electron chi connectivity index (χ4n) is 0. The zero-order valence-electron chi connectivity index (χ0n) is 12.6. The molecule has 0 aliphatic heterocycles. The Kier molecular flexibility index (Phi) is 27.0. The van der Waals surface area contributed by atoms with Gasteiger partial charge in [0.05, 0.1) is 25.9 Å². The van der Waals surface area contributed by atoms with Gasteiger partial charge in [-0.05, 0) is 20.8 Å². The van der Waals surface area contributed by atoms with Gasteiger partial charge in [0.2, 0.25) is 0 Å². The summed E-state index contributed by atoms with van der Waals surface area (Å²) in [5.41, 5.74) is 0.352. The Morgan fingerprint density at radius 2 is 1.05 bits per heavy atom. The van der Waals surface area contributed by atoms with Crippen molar-refractivity contribution in [3.8, 4) is 0 Å². The normalized spacial score (nSPS) is 9.29. The highest BCUT2D eigenvalue weighted by Crippen LogP contribution is 1.81. The van der Waals surface area contributed by atoms with Gasteiger partial charge in [-0.3, -0.25) is 0 Å². The summed E-state index contributed by atoms with van der Waals surface area (Å²) < 4.78 is 0. The minimum atomic E-state index is -0.935. The molecule has 0 fully saturated rings. The first kappa shape index (κ1) is 27.6. The number of aliphatic hydroxyl groups excluding tert-OH is 4. The summed E-state index contributed by atoms with van der Waals surface area (Å²) in [5.74, 6) is -1.87. The Hall–Kier alpha value is -1.74. The molecule has 1 atom stereocenters. The highest BCUT2D eigenvalue weighted by atomic mass is 16.4. The van der Waals surface area contributed by atoms with E-state index in [4.69, 9.17) is 30.6 Å². The van der Waals surface area contributed by atoms with Gasteiger partial charge in [0.25, 0.3) is 0 Å². The summed E-state index contributed by atoms with van der Waals surface area (Å²) in [6, 6.07) is 0. The third-order valence-corrected chi connectivity index (χ3v) is 1.09. The van der Waals surface area contributed by atoms with Crippen LogP contribution in [0.25, 0.3) is 0 Å². The molecular formula is C13H26O8. The van der Waals surface area contributed by atoms with Gasteiger partial charge < -0.3 is 30.6 Å². The molecule has 126 valence electrons. The maximum Gasteiger partial charge on any atom is 0.330 e. The predicted molar refractivity (Wildman–Crippen MR) is 77.8 cm³/mol. The molecule has 0 aromatic heterocycles. The van der Waals surface area contributed by atoms with Gasteiger partial charge in [0, 0.05) is 11.1 Å².